The van der Waals surface area contributed by atoms with E-state index in [4.69, 9.17) is 11.6 Å². The third kappa shape index (κ3) is 6.67. The molecule has 1 atom stereocenters. The van der Waals surface area contributed by atoms with Crippen molar-refractivity contribution < 1.29 is 9.59 Å². The summed E-state index contributed by atoms with van der Waals surface area (Å²) in [4.78, 5) is 28.3. The fourth-order valence-corrected chi connectivity index (χ4v) is 2.97. The Labute approximate surface area is 155 Å². The minimum atomic E-state index is 0.0665. The molecule has 1 N–H and O–H groups in total. The van der Waals surface area contributed by atoms with Crippen LogP contribution in [0.1, 0.15) is 32.3 Å². The molecule has 0 saturated carbocycles. The molecule has 1 fully saturated rings. The van der Waals surface area contributed by atoms with Crippen LogP contribution in [-0.4, -0.2) is 60.4 Å². The molecule has 0 spiro atoms. The number of amides is 2. The summed E-state index contributed by atoms with van der Waals surface area (Å²) in [6, 6.07) is 7.84. The Morgan fingerprint density at radius 1 is 1.16 bits per heavy atom. The van der Waals surface area contributed by atoms with Crippen LogP contribution in [0.25, 0.3) is 0 Å². The molecule has 2 rings (SSSR count). The zero-order valence-electron chi connectivity index (χ0n) is 15.1. The number of nitrogens with one attached hydrogen (secondary N) is 1. The number of hydrogen-bond acceptors (Lipinski definition) is 3. The molecule has 1 aliphatic rings. The lowest BCUT2D eigenvalue weighted by Gasteiger charge is -2.34. The second-order valence-electron chi connectivity index (χ2n) is 6.66. The highest BCUT2D eigenvalue weighted by atomic mass is 35.5. The molecule has 0 radical (unpaired) electrons. The van der Waals surface area contributed by atoms with Gasteiger partial charge < -0.3 is 10.2 Å². The second-order valence-corrected chi connectivity index (χ2v) is 7.10. The fourth-order valence-electron chi connectivity index (χ4n) is 2.84. The molecular weight excluding hydrogens is 338 g/mol. The van der Waals surface area contributed by atoms with Crippen molar-refractivity contribution in [3.05, 3.63) is 34.9 Å². The first kappa shape index (κ1) is 19.7. The van der Waals surface area contributed by atoms with Crippen molar-refractivity contribution in [1.29, 1.82) is 0 Å². The van der Waals surface area contributed by atoms with Gasteiger partial charge in [-0.2, -0.15) is 0 Å². The zero-order chi connectivity index (χ0) is 18.2. The predicted molar refractivity (Wildman–Crippen MR) is 101 cm³/mol. The Morgan fingerprint density at radius 2 is 1.80 bits per heavy atom. The zero-order valence-corrected chi connectivity index (χ0v) is 15.9. The lowest BCUT2D eigenvalue weighted by molar-refractivity contribution is -0.133. The van der Waals surface area contributed by atoms with E-state index in [-0.39, 0.29) is 17.9 Å². The molecule has 138 valence electrons. The molecule has 1 aliphatic heterocycles. The van der Waals surface area contributed by atoms with Crippen molar-refractivity contribution in [3.8, 4) is 0 Å². The van der Waals surface area contributed by atoms with Crippen LogP contribution >= 0.6 is 11.6 Å². The summed E-state index contributed by atoms with van der Waals surface area (Å²) in [7, 11) is 0. The molecule has 0 bridgehead atoms. The molecule has 0 aliphatic carbocycles. The maximum Gasteiger partial charge on any atom is 0.234 e. The van der Waals surface area contributed by atoms with E-state index in [2.05, 4.69) is 17.1 Å². The van der Waals surface area contributed by atoms with E-state index in [1.165, 1.54) is 0 Å². The van der Waals surface area contributed by atoms with Crippen molar-refractivity contribution in [3.63, 3.8) is 0 Å². The van der Waals surface area contributed by atoms with Gasteiger partial charge in [0.1, 0.15) is 0 Å². The summed E-state index contributed by atoms with van der Waals surface area (Å²) >= 11 is 5.87. The van der Waals surface area contributed by atoms with E-state index < -0.39 is 0 Å². The van der Waals surface area contributed by atoms with Crippen LogP contribution in [0.4, 0.5) is 0 Å². The third-order valence-corrected chi connectivity index (χ3v) is 4.90. The number of rotatable bonds is 7. The monoisotopic (exact) mass is 365 g/mol. The molecular formula is C19H28ClN3O2. The number of hydrogen-bond donors (Lipinski definition) is 1. The van der Waals surface area contributed by atoms with Crippen molar-refractivity contribution in [2.24, 2.45) is 0 Å². The fraction of sp³-hybridized carbons (Fsp3) is 0.579. The van der Waals surface area contributed by atoms with E-state index >= 15 is 0 Å². The van der Waals surface area contributed by atoms with Crippen LogP contribution in [-0.2, 0) is 16.0 Å². The van der Waals surface area contributed by atoms with Gasteiger partial charge in [-0.1, -0.05) is 30.7 Å². The first-order valence-electron chi connectivity index (χ1n) is 9.02. The van der Waals surface area contributed by atoms with Crippen LogP contribution in [0, 0.1) is 0 Å². The van der Waals surface area contributed by atoms with Crippen LogP contribution in [0.5, 0.6) is 0 Å². The average molecular weight is 366 g/mol. The van der Waals surface area contributed by atoms with Gasteiger partial charge in [0.15, 0.2) is 0 Å². The van der Waals surface area contributed by atoms with Gasteiger partial charge in [-0.3, -0.25) is 14.5 Å². The van der Waals surface area contributed by atoms with Gasteiger partial charge in [0.25, 0.3) is 0 Å². The van der Waals surface area contributed by atoms with Gasteiger partial charge in [0.2, 0.25) is 11.8 Å². The first-order valence-corrected chi connectivity index (χ1v) is 9.39. The number of carbonyl (C=O) groups is 2. The largest absolute Gasteiger partial charge is 0.353 e. The Bertz CT molecular complexity index is 569. The van der Waals surface area contributed by atoms with Gasteiger partial charge >= 0.3 is 0 Å². The lowest BCUT2D eigenvalue weighted by Crippen LogP contribution is -2.51. The number of aryl methyl sites for hydroxylation is 1. The molecule has 2 amide bonds. The molecule has 25 heavy (non-hydrogen) atoms. The van der Waals surface area contributed by atoms with Crippen LogP contribution in [0.15, 0.2) is 24.3 Å². The SMILES string of the molecule is CCC(C)NC(=O)CN1CCN(C(=O)CCc2ccc(Cl)cc2)CC1. The highest BCUT2D eigenvalue weighted by Crippen LogP contribution is 2.12. The summed E-state index contributed by atoms with van der Waals surface area (Å²) in [5, 5.41) is 3.69. The number of piperazine rings is 1. The molecule has 1 aromatic carbocycles. The molecule has 5 nitrogen and oxygen atoms in total. The summed E-state index contributed by atoms with van der Waals surface area (Å²) in [5.74, 6) is 0.246. The van der Waals surface area contributed by atoms with Crippen LogP contribution < -0.4 is 5.32 Å². The number of benzene rings is 1. The second kappa shape index (κ2) is 9.78. The van der Waals surface area contributed by atoms with E-state index in [0.717, 1.165) is 31.5 Å². The number of carbonyl (C=O) groups excluding carboxylic acids is 2. The van der Waals surface area contributed by atoms with E-state index in [1.54, 1.807) is 0 Å². The summed E-state index contributed by atoms with van der Waals surface area (Å²) < 4.78 is 0. The van der Waals surface area contributed by atoms with Crippen molar-refractivity contribution in [2.75, 3.05) is 32.7 Å². The van der Waals surface area contributed by atoms with Gasteiger partial charge in [0, 0.05) is 43.7 Å². The minimum absolute atomic E-state index is 0.0665. The normalized spacial score (nSPS) is 16.5. The quantitative estimate of drug-likeness (QED) is 0.806. The van der Waals surface area contributed by atoms with Crippen molar-refractivity contribution in [2.45, 2.75) is 39.2 Å². The first-order chi connectivity index (χ1) is 12.0. The smallest absolute Gasteiger partial charge is 0.234 e. The Balaban J connectivity index is 1.69. The van der Waals surface area contributed by atoms with E-state index in [1.807, 2.05) is 36.1 Å². The Hall–Kier alpha value is -1.59. The maximum atomic E-state index is 12.4. The highest BCUT2D eigenvalue weighted by Gasteiger charge is 2.22. The molecule has 1 saturated heterocycles. The van der Waals surface area contributed by atoms with Gasteiger partial charge in [-0.15, -0.1) is 0 Å². The summed E-state index contributed by atoms with van der Waals surface area (Å²) in [6.07, 6.45) is 2.17. The van der Waals surface area contributed by atoms with Crippen molar-refractivity contribution in [1.82, 2.24) is 15.1 Å². The highest BCUT2D eigenvalue weighted by molar-refractivity contribution is 6.30. The summed E-state index contributed by atoms with van der Waals surface area (Å²) in [5.41, 5.74) is 1.12. The minimum Gasteiger partial charge on any atom is -0.353 e. The maximum absolute atomic E-state index is 12.4. The third-order valence-electron chi connectivity index (χ3n) is 4.65. The standard InChI is InChI=1S/C19H28ClN3O2/c1-3-15(2)21-18(24)14-22-10-12-23(13-11-22)19(25)9-6-16-4-7-17(20)8-5-16/h4-5,7-8,15H,3,6,9-14H2,1-2H3,(H,21,24). The predicted octanol–water partition coefficient (Wildman–Crippen LogP) is 2.33. The molecule has 6 heteroatoms. The van der Waals surface area contributed by atoms with Crippen molar-refractivity contribution >= 4 is 23.4 Å². The van der Waals surface area contributed by atoms with E-state index in [9.17, 15) is 9.59 Å². The Morgan fingerprint density at radius 3 is 2.40 bits per heavy atom. The molecule has 1 unspecified atom stereocenters. The molecule has 1 heterocycles. The average Bonchev–Trinajstić information content (AvgIpc) is 2.61. The lowest BCUT2D eigenvalue weighted by atomic mass is 10.1. The van der Waals surface area contributed by atoms with Gasteiger partial charge in [-0.05, 0) is 37.5 Å². The van der Waals surface area contributed by atoms with Crippen LogP contribution in [0.2, 0.25) is 5.02 Å². The number of halogens is 1. The van der Waals surface area contributed by atoms with E-state index in [0.29, 0.717) is 31.1 Å². The van der Waals surface area contributed by atoms with Gasteiger partial charge in [-0.25, -0.2) is 0 Å². The Kier molecular flexibility index (Phi) is 7.72. The topological polar surface area (TPSA) is 52.7 Å². The number of nitrogens with zero attached hydrogens (tertiary/aromatic N) is 2. The molecule has 0 aromatic heterocycles. The molecule has 1 aromatic rings. The van der Waals surface area contributed by atoms with Crippen LogP contribution in [0.3, 0.4) is 0 Å². The van der Waals surface area contributed by atoms with Gasteiger partial charge in [0.05, 0.1) is 6.54 Å². The summed E-state index contributed by atoms with van der Waals surface area (Å²) in [6.45, 7) is 7.36.